The summed E-state index contributed by atoms with van der Waals surface area (Å²) in [6.07, 6.45) is 4.07. The maximum atomic E-state index is 13.1. The van der Waals surface area contributed by atoms with E-state index in [1.165, 1.54) is 4.88 Å². The van der Waals surface area contributed by atoms with Gasteiger partial charge in [-0.1, -0.05) is 48.5 Å². The molecule has 0 atom stereocenters. The molecule has 0 saturated heterocycles. The molecule has 1 heterocycles. The number of thiophene rings is 1. The van der Waals surface area contributed by atoms with Crippen LogP contribution in [0.2, 0.25) is 0 Å². The van der Waals surface area contributed by atoms with Gasteiger partial charge in [-0.3, -0.25) is 9.59 Å². The largest absolute Gasteiger partial charge is 0.348 e. The predicted molar refractivity (Wildman–Crippen MR) is 118 cm³/mol. The molecule has 2 N–H and O–H groups in total. The van der Waals surface area contributed by atoms with Crippen molar-refractivity contribution in [3.63, 3.8) is 0 Å². The zero-order chi connectivity index (χ0) is 20.2. The van der Waals surface area contributed by atoms with Crippen molar-refractivity contribution in [1.82, 2.24) is 5.32 Å². The number of fused-ring (bicyclic) bond motifs is 1. The van der Waals surface area contributed by atoms with E-state index in [4.69, 9.17) is 0 Å². The Balaban J connectivity index is 1.60. The van der Waals surface area contributed by atoms with E-state index in [-0.39, 0.29) is 11.8 Å². The van der Waals surface area contributed by atoms with Gasteiger partial charge in [0.05, 0.1) is 5.56 Å². The quantitative estimate of drug-likeness (QED) is 0.620. The summed E-state index contributed by atoms with van der Waals surface area (Å²) in [5, 5.41) is 6.72. The van der Waals surface area contributed by atoms with Crippen LogP contribution in [0, 0.1) is 6.92 Å². The van der Waals surface area contributed by atoms with Gasteiger partial charge in [0.2, 0.25) is 0 Å². The van der Waals surface area contributed by atoms with Gasteiger partial charge in [-0.2, -0.15) is 0 Å². The van der Waals surface area contributed by atoms with Crippen LogP contribution in [-0.4, -0.2) is 11.8 Å². The Kier molecular flexibility index (Phi) is 5.76. The van der Waals surface area contributed by atoms with Gasteiger partial charge in [0.15, 0.2) is 0 Å². The van der Waals surface area contributed by atoms with Gasteiger partial charge in [0.25, 0.3) is 11.8 Å². The minimum Gasteiger partial charge on any atom is -0.348 e. The second kappa shape index (κ2) is 8.62. The molecule has 1 aromatic heterocycles. The number of aryl methyl sites for hydroxylation is 2. The molecule has 4 nitrogen and oxygen atoms in total. The van der Waals surface area contributed by atoms with Crippen molar-refractivity contribution in [1.29, 1.82) is 0 Å². The fourth-order valence-electron chi connectivity index (χ4n) is 3.76. The normalized spacial score (nSPS) is 12.9. The fourth-order valence-corrected chi connectivity index (χ4v) is 5.04. The molecular formula is C24H24N2O2S. The Labute approximate surface area is 175 Å². The van der Waals surface area contributed by atoms with E-state index in [2.05, 4.69) is 10.6 Å². The van der Waals surface area contributed by atoms with Gasteiger partial charge in [0, 0.05) is 17.0 Å². The van der Waals surface area contributed by atoms with Crippen LogP contribution in [0.15, 0.2) is 54.6 Å². The molecule has 2 amide bonds. The number of benzene rings is 2. The molecule has 0 aliphatic heterocycles. The molecule has 4 rings (SSSR count). The van der Waals surface area contributed by atoms with Crippen molar-refractivity contribution in [2.24, 2.45) is 0 Å². The van der Waals surface area contributed by atoms with Gasteiger partial charge in [-0.05, 0) is 55.4 Å². The molecule has 0 bridgehead atoms. The number of hydrogen-bond acceptors (Lipinski definition) is 3. The molecule has 3 aromatic rings. The third kappa shape index (κ3) is 4.25. The van der Waals surface area contributed by atoms with E-state index in [1.807, 2.05) is 61.5 Å². The molecule has 1 aliphatic carbocycles. The highest BCUT2D eigenvalue weighted by atomic mass is 32.1. The summed E-state index contributed by atoms with van der Waals surface area (Å²) in [6, 6.07) is 17.4. The summed E-state index contributed by atoms with van der Waals surface area (Å²) in [7, 11) is 0. The lowest BCUT2D eigenvalue weighted by atomic mass is 9.95. The zero-order valence-corrected chi connectivity index (χ0v) is 17.3. The first-order chi connectivity index (χ1) is 14.1. The Hall–Kier alpha value is -2.92. The number of carbonyl (C=O) groups excluding carboxylic acids is 2. The van der Waals surface area contributed by atoms with Crippen LogP contribution in [0.25, 0.3) is 0 Å². The average molecular weight is 405 g/mol. The first-order valence-electron chi connectivity index (χ1n) is 9.97. The molecule has 0 saturated carbocycles. The zero-order valence-electron chi connectivity index (χ0n) is 16.5. The van der Waals surface area contributed by atoms with E-state index in [1.54, 1.807) is 11.3 Å². The highest BCUT2D eigenvalue weighted by Gasteiger charge is 2.26. The summed E-state index contributed by atoms with van der Waals surface area (Å²) < 4.78 is 0. The van der Waals surface area contributed by atoms with Gasteiger partial charge < -0.3 is 10.6 Å². The standard InChI is InChI=1S/C24H24N2O2S/c1-16-9-5-6-12-18(16)22(27)26-24-21(19-13-7-8-14-20(19)29-24)23(28)25-15-17-10-3-2-4-11-17/h2-6,9-12H,7-8,13-15H2,1H3,(H,25,28)(H,26,27). The summed E-state index contributed by atoms with van der Waals surface area (Å²) >= 11 is 1.55. The fraction of sp³-hybridized carbons (Fsp3) is 0.250. The van der Waals surface area contributed by atoms with Crippen molar-refractivity contribution in [3.05, 3.63) is 87.3 Å². The van der Waals surface area contributed by atoms with Crippen LogP contribution < -0.4 is 10.6 Å². The van der Waals surface area contributed by atoms with Crippen molar-refractivity contribution < 1.29 is 9.59 Å². The minimum atomic E-state index is -0.168. The van der Waals surface area contributed by atoms with Crippen molar-refractivity contribution >= 4 is 28.2 Å². The van der Waals surface area contributed by atoms with Gasteiger partial charge in [-0.25, -0.2) is 0 Å². The number of amides is 2. The van der Waals surface area contributed by atoms with Crippen LogP contribution in [0.5, 0.6) is 0 Å². The predicted octanol–water partition coefficient (Wildman–Crippen LogP) is 5.12. The monoisotopic (exact) mass is 404 g/mol. The smallest absolute Gasteiger partial charge is 0.256 e. The van der Waals surface area contributed by atoms with E-state index in [9.17, 15) is 9.59 Å². The third-order valence-electron chi connectivity index (χ3n) is 5.31. The highest BCUT2D eigenvalue weighted by molar-refractivity contribution is 7.17. The lowest BCUT2D eigenvalue weighted by Gasteiger charge is -2.13. The molecule has 5 heteroatoms. The topological polar surface area (TPSA) is 58.2 Å². The Morgan fingerprint density at radius 3 is 2.45 bits per heavy atom. The molecule has 0 spiro atoms. The number of carbonyl (C=O) groups is 2. The molecule has 0 unspecified atom stereocenters. The molecule has 0 fully saturated rings. The molecular weight excluding hydrogens is 380 g/mol. The van der Waals surface area contributed by atoms with E-state index < -0.39 is 0 Å². The van der Waals surface area contributed by atoms with Crippen LogP contribution in [-0.2, 0) is 19.4 Å². The van der Waals surface area contributed by atoms with Gasteiger partial charge in [-0.15, -0.1) is 11.3 Å². The van der Waals surface area contributed by atoms with Crippen LogP contribution in [0.1, 0.15) is 55.1 Å². The van der Waals surface area contributed by atoms with E-state index in [0.717, 1.165) is 42.4 Å². The van der Waals surface area contributed by atoms with Crippen molar-refractivity contribution in [2.75, 3.05) is 5.32 Å². The summed E-state index contributed by atoms with van der Waals surface area (Å²) in [6.45, 7) is 2.39. The second-order valence-corrected chi connectivity index (χ2v) is 8.46. The minimum absolute atomic E-state index is 0.117. The van der Waals surface area contributed by atoms with Gasteiger partial charge in [0.1, 0.15) is 5.00 Å². The maximum Gasteiger partial charge on any atom is 0.256 e. The van der Waals surface area contributed by atoms with Crippen LogP contribution >= 0.6 is 11.3 Å². The summed E-state index contributed by atoms with van der Waals surface area (Å²) in [5.74, 6) is -0.285. The van der Waals surface area contributed by atoms with Crippen molar-refractivity contribution in [3.8, 4) is 0 Å². The Morgan fingerprint density at radius 2 is 1.66 bits per heavy atom. The molecule has 29 heavy (non-hydrogen) atoms. The third-order valence-corrected chi connectivity index (χ3v) is 6.52. The first-order valence-corrected chi connectivity index (χ1v) is 10.8. The van der Waals surface area contributed by atoms with Crippen LogP contribution in [0.4, 0.5) is 5.00 Å². The average Bonchev–Trinajstić information content (AvgIpc) is 3.11. The van der Waals surface area contributed by atoms with E-state index in [0.29, 0.717) is 22.7 Å². The number of anilines is 1. The summed E-state index contributed by atoms with van der Waals surface area (Å²) in [4.78, 5) is 27.2. The maximum absolute atomic E-state index is 13.1. The van der Waals surface area contributed by atoms with Crippen molar-refractivity contribution in [2.45, 2.75) is 39.2 Å². The highest BCUT2D eigenvalue weighted by Crippen LogP contribution is 2.38. The van der Waals surface area contributed by atoms with Gasteiger partial charge >= 0.3 is 0 Å². The second-order valence-electron chi connectivity index (χ2n) is 7.35. The number of hydrogen-bond donors (Lipinski definition) is 2. The molecule has 148 valence electrons. The van der Waals surface area contributed by atoms with E-state index >= 15 is 0 Å². The Morgan fingerprint density at radius 1 is 0.931 bits per heavy atom. The molecule has 1 aliphatic rings. The number of nitrogens with one attached hydrogen (secondary N) is 2. The summed E-state index contributed by atoms with van der Waals surface area (Å²) in [5.41, 5.74) is 4.35. The molecule has 2 aromatic carbocycles. The lowest BCUT2D eigenvalue weighted by molar-refractivity contribution is 0.0951. The number of rotatable bonds is 5. The van der Waals surface area contributed by atoms with Crippen LogP contribution in [0.3, 0.4) is 0 Å². The SMILES string of the molecule is Cc1ccccc1C(=O)Nc1sc2c(c1C(=O)NCc1ccccc1)CCCC2. The molecule has 0 radical (unpaired) electrons. The Bertz CT molecular complexity index is 1040. The lowest BCUT2D eigenvalue weighted by Crippen LogP contribution is -2.25. The first kappa shape index (κ1) is 19.4.